The highest BCUT2D eigenvalue weighted by molar-refractivity contribution is 6.32. The molecule has 0 fully saturated rings. The maximum absolute atomic E-state index is 12.4. The smallest absolute Gasteiger partial charge is 0.387 e. The van der Waals surface area contributed by atoms with Gasteiger partial charge in [-0.3, -0.25) is 0 Å². The van der Waals surface area contributed by atoms with Crippen molar-refractivity contribution in [1.82, 2.24) is 4.90 Å². The quantitative estimate of drug-likeness (QED) is 0.747. The van der Waals surface area contributed by atoms with Crippen LogP contribution in [0.25, 0.3) is 0 Å². The minimum absolute atomic E-state index is 0.0195. The van der Waals surface area contributed by atoms with Crippen LogP contribution in [0.4, 0.5) is 19.3 Å². The van der Waals surface area contributed by atoms with Crippen LogP contribution in [0.5, 0.6) is 11.5 Å². The Morgan fingerprint density at radius 2 is 1.85 bits per heavy atom. The van der Waals surface area contributed by atoms with E-state index in [1.54, 1.807) is 14.2 Å². The van der Waals surface area contributed by atoms with E-state index in [0.29, 0.717) is 5.69 Å². The van der Waals surface area contributed by atoms with Crippen molar-refractivity contribution in [3.05, 3.63) is 53.1 Å². The molecule has 0 radical (unpaired) electrons. The predicted molar refractivity (Wildman–Crippen MR) is 96.3 cm³/mol. The number of benzene rings is 2. The maximum Gasteiger partial charge on any atom is 0.387 e. The van der Waals surface area contributed by atoms with Crippen molar-refractivity contribution >= 4 is 23.3 Å². The molecule has 0 saturated carbocycles. The summed E-state index contributed by atoms with van der Waals surface area (Å²) in [6.45, 7) is -1.09. The fourth-order valence-corrected chi connectivity index (χ4v) is 2.49. The monoisotopic (exact) mass is 384 g/mol. The number of urea groups is 1. The molecule has 140 valence electrons. The molecule has 26 heavy (non-hydrogen) atoms. The van der Waals surface area contributed by atoms with Gasteiger partial charge in [-0.05, 0) is 42.8 Å². The fraction of sp³-hybridized carbons (Fsp3) is 0.278. The molecule has 2 aromatic rings. The van der Waals surface area contributed by atoms with Gasteiger partial charge < -0.3 is 19.7 Å². The average molecular weight is 385 g/mol. The minimum Gasteiger partial charge on any atom is -0.497 e. The van der Waals surface area contributed by atoms with Crippen LogP contribution in [0.2, 0.25) is 5.02 Å². The van der Waals surface area contributed by atoms with E-state index in [1.807, 2.05) is 31.2 Å². The second-order valence-electron chi connectivity index (χ2n) is 5.51. The third kappa shape index (κ3) is 4.98. The zero-order valence-electron chi connectivity index (χ0n) is 14.5. The number of rotatable bonds is 6. The van der Waals surface area contributed by atoms with Crippen LogP contribution in [-0.2, 0) is 0 Å². The number of ether oxygens (including phenoxy) is 2. The Kier molecular flexibility index (Phi) is 6.63. The van der Waals surface area contributed by atoms with Crippen molar-refractivity contribution in [1.29, 1.82) is 0 Å². The van der Waals surface area contributed by atoms with Gasteiger partial charge in [0, 0.05) is 12.7 Å². The standard InChI is InChI=1S/C18H19ClF2N2O3/c1-11(12-4-7-14(25-3)8-5-12)23(2)18(24)22-13-6-9-16(15(19)10-13)26-17(20)21/h4-11,17H,1-3H3,(H,22,24). The summed E-state index contributed by atoms with van der Waals surface area (Å²) in [6.07, 6.45) is 0. The summed E-state index contributed by atoms with van der Waals surface area (Å²) in [5, 5.41) is 2.65. The van der Waals surface area contributed by atoms with Gasteiger partial charge in [0.15, 0.2) is 0 Å². The molecule has 5 nitrogen and oxygen atoms in total. The van der Waals surface area contributed by atoms with E-state index in [9.17, 15) is 13.6 Å². The van der Waals surface area contributed by atoms with Crippen LogP contribution in [-0.4, -0.2) is 31.7 Å². The first-order valence-corrected chi connectivity index (χ1v) is 8.11. The minimum atomic E-state index is -2.97. The van der Waals surface area contributed by atoms with Crippen molar-refractivity contribution in [3.8, 4) is 11.5 Å². The molecule has 2 amide bonds. The summed E-state index contributed by atoms with van der Waals surface area (Å²) in [5.41, 5.74) is 1.30. The van der Waals surface area contributed by atoms with Gasteiger partial charge in [0.25, 0.3) is 0 Å². The Bertz CT molecular complexity index is 757. The Labute approximate surface area is 155 Å². The number of carbonyl (C=O) groups is 1. The van der Waals surface area contributed by atoms with E-state index in [0.717, 1.165) is 11.3 Å². The van der Waals surface area contributed by atoms with Crippen LogP contribution in [0, 0.1) is 0 Å². The van der Waals surface area contributed by atoms with Crippen molar-refractivity contribution in [2.24, 2.45) is 0 Å². The fourth-order valence-electron chi connectivity index (χ4n) is 2.26. The van der Waals surface area contributed by atoms with E-state index in [-0.39, 0.29) is 22.8 Å². The molecular weight excluding hydrogens is 366 g/mol. The first-order chi connectivity index (χ1) is 12.3. The van der Waals surface area contributed by atoms with Crippen molar-refractivity contribution < 1.29 is 23.0 Å². The van der Waals surface area contributed by atoms with Gasteiger partial charge in [0.2, 0.25) is 0 Å². The van der Waals surface area contributed by atoms with Crippen molar-refractivity contribution in [2.75, 3.05) is 19.5 Å². The first kappa shape index (κ1) is 19.8. The first-order valence-electron chi connectivity index (χ1n) is 7.74. The van der Waals surface area contributed by atoms with Gasteiger partial charge in [-0.15, -0.1) is 0 Å². The van der Waals surface area contributed by atoms with E-state index < -0.39 is 6.61 Å². The second-order valence-corrected chi connectivity index (χ2v) is 5.92. The third-order valence-corrected chi connectivity index (χ3v) is 4.19. The largest absolute Gasteiger partial charge is 0.497 e. The number of nitrogens with zero attached hydrogens (tertiary/aromatic N) is 1. The lowest BCUT2D eigenvalue weighted by molar-refractivity contribution is -0.0497. The summed E-state index contributed by atoms with van der Waals surface area (Å²) in [5.74, 6) is 0.577. The van der Waals surface area contributed by atoms with E-state index in [4.69, 9.17) is 16.3 Å². The Hall–Kier alpha value is -2.54. The number of anilines is 1. The average Bonchev–Trinajstić information content (AvgIpc) is 2.62. The number of amides is 2. The Morgan fingerprint density at radius 1 is 1.19 bits per heavy atom. The van der Waals surface area contributed by atoms with Crippen LogP contribution in [0.15, 0.2) is 42.5 Å². The molecule has 1 atom stereocenters. The topological polar surface area (TPSA) is 50.8 Å². The molecule has 1 N–H and O–H groups in total. The number of hydrogen-bond donors (Lipinski definition) is 1. The molecule has 0 spiro atoms. The number of carbonyl (C=O) groups excluding carboxylic acids is 1. The normalized spacial score (nSPS) is 11.8. The molecule has 8 heteroatoms. The van der Waals surface area contributed by atoms with Crippen molar-refractivity contribution in [2.45, 2.75) is 19.6 Å². The molecule has 1 unspecified atom stereocenters. The van der Waals surface area contributed by atoms with Crippen molar-refractivity contribution in [3.63, 3.8) is 0 Å². The third-order valence-electron chi connectivity index (χ3n) is 3.90. The molecule has 0 saturated heterocycles. The summed E-state index contributed by atoms with van der Waals surface area (Å²) in [7, 11) is 3.24. The molecule has 0 bridgehead atoms. The lowest BCUT2D eigenvalue weighted by atomic mass is 10.1. The van der Waals surface area contributed by atoms with Gasteiger partial charge in [0.1, 0.15) is 11.5 Å². The van der Waals surface area contributed by atoms with Crippen LogP contribution in [0.3, 0.4) is 0 Å². The Morgan fingerprint density at radius 3 is 2.38 bits per heavy atom. The van der Waals surface area contributed by atoms with Gasteiger partial charge in [-0.25, -0.2) is 4.79 Å². The SMILES string of the molecule is COc1ccc(C(C)N(C)C(=O)Nc2ccc(OC(F)F)c(Cl)c2)cc1. The lowest BCUT2D eigenvalue weighted by Crippen LogP contribution is -2.33. The highest BCUT2D eigenvalue weighted by atomic mass is 35.5. The molecular formula is C18H19ClF2N2O3. The van der Waals surface area contributed by atoms with Crippen LogP contribution < -0.4 is 14.8 Å². The zero-order valence-corrected chi connectivity index (χ0v) is 15.3. The maximum atomic E-state index is 12.4. The molecule has 0 aromatic heterocycles. The summed E-state index contributed by atoms with van der Waals surface area (Å²) in [6, 6.07) is 10.9. The summed E-state index contributed by atoms with van der Waals surface area (Å²) in [4.78, 5) is 13.9. The number of alkyl halides is 2. The van der Waals surface area contributed by atoms with Crippen LogP contribution in [0.1, 0.15) is 18.5 Å². The molecule has 0 aliphatic heterocycles. The Balaban J connectivity index is 2.04. The highest BCUT2D eigenvalue weighted by Crippen LogP contribution is 2.29. The van der Waals surface area contributed by atoms with E-state index in [1.165, 1.54) is 23.1 Å². The highest BCUT2D eigenvalue weighted by Gasteiger charge is 2.18. The number of hydrogen-bond acceptors (Lipinski definition) is 3. The molecule has 2 aromatic carbocycles. The number of nitrogens with one attached hydrogen (secondary N) is 1. The molecule has 0 aliphatic rings. The summed E-state index contributed by atoms with van der Waals surface area (Å²) >= 11 is 5.89. The van der Waals surface area contributed by atoms with Gasteiger partial charge >= 0.3 is 12.6 Å². The number of halogens is 3. The predicted octanol–water partition coefficient (Wildman–Crippen LogP) is 5.17. The van der Waals surface area contributed by atoms with Crippen LogP contribution >= 0.6 is 11.6 Å². The van der Waals surface area contributed by atoms with E-state index in [2.05, 4.69) is 10.1 Å². The van der Waals surface area contributed by atoms with Gasteiger partial charge in [0.05, 0.1) is 18.2 Å². The summed E-state index contributed by atoms with van der Waals surface area (Å²) < 4.78 is 33.9. The lowest BCUT2D eigenvalue weighted by Gasteiger charge is -2.26. The molecule has 0 aliphatic carbocycles. The van der Waals surface area contributed by atoms with Gasteiger partial charge in [-0.1, -0.05) is 23.7 Å². The van der Waals surface area contributed by atoms with Gasteiger partial charge in [-0.2, -0.15) is 8.78 Å². The molecule has 0 heterocycles. The number of methoxy groups -OCH3 is 1. The zero-order chi connectivity index (χ0) is 19.3. The second kappa shape index (κ2) is 8.71. The van der Waals surface area contributed by atoms with E-state index >= 15 is 0 Å². The molecule has 2 rings (SSSR count).